The van der Waals surface area contributed by atoms with Gasteiger partial charge in [0, 0.05) is 17.0 Å². The summed E-state index contributed by atoms with van der Waals surface area (Å²) in [4.78, 5) is 12.0. The molecule has 7 nitrogen and oxygen atoms in total. The lowest BCUT2D eigenvalue weighted by atomic mass is 10.1. The highest BCUT2D eigenvalue weighted by molar-refractivity contribution is 7.89. The maximum Gasteiger partial charge on any atom is 0.374 e. The number of hydrogen-bond acceptors (Lipinski definition) is 6. The summed E-state index contributed by atoms with van der Waals surface area (Å²) in [7, 11) is -3.82. The summed E-state index contributed by atoms with van der Waals surface area (Å²) in [6, 6.07) is 10.2. The van der Waals surface area contributed by atoms with Gasteiger partial charge in [0.05, 0.1) is 11.5 Å². The summed E-state index contributed by atoms with van der Waals surface area (Å²) in [5.41, 5.74) is 1.65. The Morgan fingerprint density at radius 2 is 1.89 bits per heavy atom. The molecule has 0 saturated carbocycles. The SMILES string of the molecule is CCOC(=O)c1oc2ccc(S(=O)(=O)NC(C)c3ccc(O)cc3)cc2c1C. The molecule has 2 N–H and O–H groups in total. The van der Waals surface area contributed by atoms with Gasteiger partial charge in [-0.3, -0.25) is 0 Å². The van der Waals surface area contributed by atoms with Gasteiger partial charge >= 0.3 is 5.97 Å². The lowest BCUT2D eigenvalue weighted by Crippen LogP contribution is -2.26. The molecule has 1 atom stereocenters. The Balaban J connectivity index is 1.92. The van der Waals surface area contributed by atoms with Gasteiger partial charge in [-0.05, 0) is 56.7 Å². The Morgan fingerprint density at radius 3 is 2.54 bits per heavy atom. The highest BCUT2D eigenvalue weighted by Crippen LogP contribution is 2.29. The van der Waals surface area contributed by atoms with Gasteiger partial charge in [-0.1, -0.05) is 12.1 Å². The standard InChI is InChI=1S/C20H21NO6S/c1-4-26-20(23)19-12(2)17-11-16(9-10-18(17)27-19)28(24,25)21-13(3)14-5-7-15(22)8-6-14/h5-11,13,21-22H,4H2,1-3H3. The first-order chi connectivity index (χ1) is 13.2. The molecular formula is C20H21NO6S. The van der Waals surface area contributed by atoms with Crippen molar-refractivity contribution in [3.05, 3.63) is 59.4 Å². The Morgan fingerprint density at radius 1 is 1.21 bits per heavy atom. The van der Waals surface area contributed by atoms with E-state index < -0.39 is 22.0 Å². The second-order valence-electron chi connectivity index (χ2n) is 6.37. The van der Waals surface area contributed by atoms with Gasteiger partial charge < -0.3 is 14.3 Å². The van der Waals surface area contributed by atoms with Crippen molar-refractivity contribution in [3.63, 3.8) is 0 Å². The number of phenols is 1. The number of aromatic hydroxyl groups is 1. The van der Waals surface area contributed by atoms with Gasteiger partial charge in [0.1, 0.15) is 11.3 Å². The number of esters is 1. The number of rotatable bonds is 6. The van der Waals surface area contributed by atoms with Crippen molar-refractivity contribution in [2.24, 2.45) is 0 Å². The second-order valence-corrected chi connectivity index (χ2v) is 8.08. The van der Waals surface area contributed by atoms with Crippen LogP contribution in [0.15, 0.2) is 51.8 Å². The third-order valence-corrected chi connectivity index (χ3v) is 5.94. The first-order valence-electron chi connectivity index (χ1n) is 8.74. The summed E-state index contributed by atoms with van der Waals surface area (Å²) in [6.45, 7) is 5.31. The third kappa shape index (κ3) is 3.88. The molecule has 0 aliphatic carbocycles. The van der Waals surface area contributed by atoms with Crippen LogP contribution in [0, 0.1) is 6.92 Å². The maximum absolute atomic E-state index is 12.8. The lowest BCUT2D eigenvalue weighted by Gasteiger charge is -2.15. The molecule has 0 saturated heterocycles. The van der Waals surface area contributed by atoms with Crippen LogP contribution in [0.3, 0.4) is 0 Å². The van der Waals surface area contributed by atoms with E-state index in [0.717, 1.165) is 0 Å². The van der Waals surface area contributed by atoms with E-state index >= 15 is 0 Å². The predicted octanol–water partition coefficient (Wildman–Crippen LogP) is 3.66. The molecule has 0 spiro atoms. The predicted molar refractivity (Wildman–Crippen MR) is 104 cm³/mol. The number of carbonyl (C=O) groups excluding carboxylic acids is 1. The van der Waals surface area contributed by atoms with E-state index in [0.29, 0.717) is 22.1 Å². The molecular weight excluding hydrogens is 382 g/mol. The fraction of sp³-hybridized carbons (Fsp3) is 0.250. The van der Waals surface area contributed by atoms with E-state index in [1.54, 1.807) is 32.9 Å². The first kappa shape index (κ1) is 19.9. The number of ether oxygens (including phenoxy) is 1. The molecule has 1 aromatic heterocycles. The number of phenolic OH excluding ortho intramolecular Hbond substituents is 1. The zero-order chi connectivity index (χ0) is 20.5. The smallest absolute Gasteiger partial charge is 0.374 e. The maximum atomic E-state index is 12.8. The Labute approximate surface area is 163 Å². The van der Waals surface area contributed by atoms with Crippen molar-refractivity contribution in [3.8, 4) is 5.75 Å². The van der Waals surface area contributed by atoms with E-state index in [9.17, 15) is 18.3 Å². The number of fused-ring (bicyclic) bond motifs is 1. The minimum absolute atomic E-state index is 0.0601. The van der Waals surface area contributed by atoms with Crippen LogP contribution in [0.5, 0.6) is 5.75 Å². The van der Waals surface area contributed by atoms with E-state index in [1.807, 2.05) is 0 Å². The second kappa shape index (κ2) is 7.65. The summed E-state index contributed by atoms with van der Waals surface area (Å²) in [5.74, 6) is -0.409. The minimum Gasteiger partial charge on any atom is -0.508 e. The van der Waals surface area contributed by atoms with Crippen molar-refractivity contribution in [1.29, 1.82) is 0 Å². The molecule has 3 rings (SSSR count). The highest BCUT2D eigenvalue weighted by Gasteiger charge is 2.23. The highest BCUT2D eigenvalue weighted by atomic mass is 32.2. The van der Waals surface area contributed by atoms with Crippen LogP contribution in [-0.4, -0.2) is 26.1 Å². The average Bonchev–Trinajstić information content (AvgIpc) is 2.98. The zero-order valence-corrected chi connectivity index (χ0v) is 16.5. The summed E-state index contributed by atoms with van der Waals surface area (Å²) < 4.78 is 38.7. The fourth-order valence-electron chi connectivity index (χ4n) is 2.89. The van der Waals surface area contributed by atoms with Crippen molar-refractivity contribution < 1.29 is 27.5 Å². The Kier molecular flexibility index (Phi) is 5.44. The Bertz CT molecular complexity index is 1120. The lowest BCUT2D eigenvalue weighted by molar-refractivity contribution is 0.0491. The number of benzene rings is 2. The molecule has 0 aliphatic heterocycles. The molecule has 0 bridgehead atoms. The van der Waals surface area contributed by atoms with Crippen LogP contribution in [0.4, 0.5) is 0 Å². The third-order valence-electron chi connectivity index (χ3n) is 4.40. The number of hydrogen-bond donors (Lipinski definition) is 2. The number of carbonyl (C=O) groups is 1. The molecule has 0 radical (unpaired) electrons. The minimum atomic E-state index is -3.82. The van der Waals surface area contributed by atoms with Crippen molar-refractivity contribution in [1.82, 2.24) is 4.72 Å². The molecule has 28 heavy (non-hydrogen) atoms. The quantitative estimate of drug-likeness (QED) is 0.609. The summed E-state index contributed by atoms with van der Waals surface area (Å²) >= 11 is 0. The molecule has 0 amide bonds. The van der Waals surface area contributed by atoms with E-state index in [1.165, 1.54) is 30.3 Å². The van der Waals surface area contributed by atoms with Crippen molar-refractivity contribution in [2.45, 2.75) is 31.7 Å². The summed E-state index contributed by atoms with van der Waals surface area (Å²) in [5, 5.41) is 9.90. The van der Waals surface area contributed by atoms with Gasteiger partial charge in [-0.15, -0.1) is 0 Å². The van der Waals surface area contributed by atoms with Gasteiger partial charge in [-0.25, -0.2) is 17.9 Å². The van der Waals surface area contributed by atoms with Crippen LogP contribution in [-0.2, 0) is 14.8 Å². The molecule has 148 valence electrons. The molecule has 0 aliphatic rings. The van der Waals surface area contributed by atoms with Crippen LogP contribution in [0.2, 0.25) is 0 Å². The molecule has 1 unspecified atom stereocenters. The molecule has 2 aromatic carbocycles. The van der Waals surface area contributed by atoms with Gasteiger partial charge in [-0.2, -0.15) is 0 Å². The molecule has 0 fully saturated rings. The first-order valence-corrected chi connectivity index (χ1v) is 10.2. The van der Waals surface area contributed by atoms with Crippen LogP contribution in [0.25, 0.3) is 11.0 Å². The number of nitrogens with one attached hydrogen (secondary N) is 1. The van der Waals surface area contributed by atoms with Crippen LogP contribution < -0.4 is 4.72 Å². The Hall–Kier alpha value is -2.84. The van der Waals surface area contributed by atoms with Gasteiger partial charge in [0.15, 0.2) is 0 Å². The molecule has 1 heterocycles. The normalized spacial score (nSPS) is 12.8. The van der Waals surface area contributed by atoms with Crippen LogP contribution >= 0.6 is 0 Å². The van der Waals surface area contributed by atoms with E-state index in [-0.39, 0.29) is 23.0 Å². The van der Waals surface area contributed by atoms with E-state index in [2.05, 4.69) is 4.72 Å². The molecule has 3 aromatic rings. The van der Waals surface area contributed by atoms with Crippen LogP contribution in [0.1, 0.15) is 41.6 Å². The number of sulfonamides is 1. The topological polar surface area (TPSA) is 106 Å². The average molecular weight is 403 g/mol. The van der Waals surface area contributed by atoms with E-state index in [4.69, 9.17) is 9.15 Å². The van der Waals surface area contributed by atoms with Crippen molar-refractivity contribution >= 4 is 27.0 Å². The van der Waals surface area contributed by atoms with Gasteiger partial charge in [0.2, 0.25) is 15.8 Å². The number of furan rings is 1. The summed E-state index contributed by atoms with van der Waals surface area (Å²) in [6.07, 6.45) is 0. The molecule has 8 heteroatoms. The zero-order valence-electron chi connectivity index (χ0n) is 15.7. The fourth-order valence-corrected chi connectivity index (χ4v) is 4.15. The van der Waals surface area contributed by atoms with Gasteiger partial charge in [0.25, 0.3) is 0 Å². The largest absolute Gasteiger partial charge is 0.508 e. The number of aryl methyl sites for hydroxylation is 1. The monoisotopic (exact) mass is 403 g/mol. The van der Waals surface area contributed by atoms with Crippen molar-refractivity contribution in [2.75, 3.05) is 6.61 Å².